The quantitative estimate of drug-likeness (QED) is 0.782. The van der Waals surface area contributed by atoms with Gasteiger partial charge in [-0.05, 0) is 43.5 Å². The van der Waals surface area contributed by atoms with Crippen LogP contribution in [0.2, 0.25) is 0 Å². The molecule has 8 nitrogen and oxygen atoms in total. The van der Waals surface area contributed by atoms with Crippen molar-refractivity contribution in [2.24, 2.45) is 4.99 Å². The van der Waals surface area contributed by atoms with E-state index in [2.05, 4.69) is 36.3 Å². The molecular formula is C18H21N7O. The van der Waals surface area contributed by atoms with Gasteiger partial charge in [0, 0.05) is 13.1 Å². The minimum absolute atomic E-state index is 0.0895. The lowest BCUT2D eigenvalue weighted by atomic mass is 10.1. The number of piperidine rings is 1. The van der Waals surface area contributed by atoms with Crippen LogP contribution in [0, 0.1) is 0 Å². The highest BCUT2D eigenvalue weighted by molar-refractivity contribution is 6.06. The van der Waals surface area contributed by atoms with Crippen molar-refractivity contribution in [1.82, 2.24) is 21.0 Å². The van der Waals surface area contributed by atoms with Crippen LogP contribution in [0.25, 0.3) is 0 Å². The molecule has 1 aromatic carbocycles. The van der Waals surface area contributed by atoms with E-state index in [1.54, 1.807) is 0 Å². The number of nitrogens with one attached hydrogen (secondary N) is 3. The van der Waals surface area contributed by atoms with Gasteiger partial charge in [-0.15, -0.1) is 10.2 Å². The number of carbonyl (C=O) groups excluding carboxylic acids is 1. The van der Waals surface area contributed by atoms with Crippen molar-refractivity contribution in [2.75, 3.05) is 23.3 Å². The lowest BCUT2D eigenvalue weighted by Crippen LogP contribution is -2.30. The third kappa shape index (κ3) is 3.74. The third-order valence-electron chi connectivity index (χ3n) is 4.43. The van der Waals surface area contributed by atoms with Gasteiger partial charge in [0.25, 0.3) is 0 Å². The Kier molecular flexibility index (Phi) is 4.63. The third-order valence-corrected chi connectivity index (χ3v) is 4.43. The summed E-state index contributed by atoms with van der Waals surface area (Å²) in [5.74, 6) is 2.08. The van der Waals surface area contributed by atoms with Gasteiger partial charge in [-0.2, -0.15) is 0 Å². The van der Waals surface area contributed by atoms with Gasteiger partial charge in [0.2, 0.25) is 5.91 Å². The topological polar surface area (TPSA) is 94.5 Å². The molecule has 1 amide bonds. The predicted molar refractivity (Wildman–Crippen MR) is 101 cm³/mol. The number of aliphatic imine (C=N–C) groups is 1. The molecule has 2 aliphatic rings. The number of hydrogen-bond acceptors (Lipinski definition) is 6. The molecule has 26 heavy (non-hydrogen) atoms. The summed E-state index contributed by atoms with van der Waals surface area (Å²) in [6, 6.07) is 11.6. The van der Waals surface area contributed by atoms with Crippen molar-refractivity contribution in [3.63, 3.8) is 0 Å². The van der Waals surface area contributed by atoms with E-state index in [4.69, 9.17) is 0 Å². The van der Waals surface area contributed by atoms with Crippen molar-refractivity contribution < 1.29 is 4.79 Å². The number of para-hydroxylation sites is 2. The van der Waals surface area contributed by atoms with Gasteiger partial charge in [-0.25, -0.2) is 4.99 Å². The van der Waals surface area contributed by atoms with E-state index in [9.17, 15) is 4.79 Å². The first-order valence-corrected chi connectivity index (χ1v) is 8.85. The number of carbonyl (C=O) groups is 1. The molecule has 0 atom stereocenters. The van der Waals surface area contributed by atoms with Crippen LogP contribution < -0.4 is 21.1 Å². The first-order chi connectivity index (χ1) is 12.8. The van der Waals surface area contributed by atoms with Crippen molar-refractivity contribution in [3.05, 3.63) is 36.4 Å². The highest BCUT2D eigenvalue weighted by Crippen LogP contribution is 2.28. The fraction of sp³-hybridized carbons (Fsp3) is 0.333. The van der Waals surface area contributed by atoms with E-state index in [0.717, 1.165) is 30.3 Å². The van der Waals surface area contributed by atoms with Gasteiger partial charge < -0.3 is 10.2 Å². The molecule has 2 fully saturated rings. The van der Waals surface area contributed by atoms with E-state index in [0.29, 0.717) is 11.7 Å². The molecule has 0 unspecified atom stereocenters. The molecule has 2 aromatic rings. The summed E-state index contributed by atoms with van der Waals surface area (Å²) in [7, 11) is 0. The Bertz CT molecular complexity index is 813. The van der Waals surface area contributed by atoms with Crippen LogP contribution in [0.1, 0.15) is 25.7 Å². The monoisotopic (exact) mass is 351 g/mol. The molecule has 2 saturated heterocycles. The minimum atomic E-state index is -0.0895. The summed E-state index contributed by atoms with van der Waals surface area (Å²) in [4.78, 5) is 18.1. The van der Waals surface area contributed by atoms with Crippen LogP contribution in [0.3, 0.4) is 0 Å². The number of aromatic nitrogens is 2. The van der Waals surface area contributed by atoms with Crippen molar-refractivity contribution >= 4 is 34.8 Å². The van der Waals surface area contributed by atoms with E-state index in [1.807, 2.05) is 36.4 Å². The SMILES string of the molecule is O=C1CC(=Nc2ccccc2Nc2ccc(N3CCCCC3)nn2)NN1. The van der Waals surface area contributed by atoms with Gasteiger partial charge in [0.05, 0.1) is 17.8 Å². The minimum Gasteiger partial charge on any atom is -0.355 e. The maximum atomic E-state index is 11.3. The molecule has 0 spiro atoms. The predicted octanol–water partition coefficient (Wildman–Crippen LogP) is 2.26. The Morgan fingerprint density at radius 3 is 2.58 bits per heavy atom. The number of hydrazine groups is 1. The van der Waals surface area contributed by atoms with Crippen molar-refractivity contribution in [1.29, 1.82) is 0 Å². The largest absolute Gasteiger partial charge is 0.355 e. The zero-order chi connectivity index (χ0) is 17.8. The summed E-state index contributed by atoms with van der Waals surface area (Å²) in [6.07, 6.45) is 3.96. The van der Waals surface area contributed by atoms with Crippen molar-refractivity contribution in [3.8, 4) is 0 Å². The number of anilines is 3. The van der Waals surface area contributed by atoms with Gasteiger partial charge in [0.15, 0.2) is 11.6 Å². The lowest BCUT2D eigenvalue weighted by molar-refractivity contribution is -0.119. The molecular weight excluding hydrogens is 330 g/mol. The smallest absolute Gasteiger partial charge is 0.245 e. The zero-order valence-electron chi connectivity index (χ0n) is 14.4. The van der Waals surface area contributed by atoms with Gasteiger partial charge in [-0.1, -0.05) is 12.1 Å². The van der Waals surface area contributed by atoms with Crippen LogP contribution >= 0.6 is 0 Å². The molecule has 3 N–H and O–H groups in total. The Morgan fingerprint density at radius 1 is 1.00 bits per heavy atom. The van der Waals surface area contributed by atoms with Gasteiger partial charge in [0.1, 0.15) is 5.84 Å². The maximum absolute atomic E-state index is 11.3. The highest BCUT2D eigenvalue weighted by Gasteiger charge is 2.16. The van der Waals surface area contributed by atoms with Crippen LogP contribution in [0.5, 0.6) is 0 Å². The zero-order valence-corrected chi connectivity index (χ0v) is 14.4. The van der Waals surface area contributed by atoms with E-state index in [-0.39, 0.29) is 12.3 Å². The van der Waals surface area contributed by atoms with Crippen LogP contribution in [-0.2, 0) is 4.79 Å². The van der Waals surface area contributed by atoms with Crippen molar-refractivity contribution in [2.45, 2.75) is 25.7 Å². The van der Waals surface area contributed by atoms with Gasteiger partial charge >= 0.3 is 0 Å². The molecule has 0 saturated carbocycles. The van der Waals surface area contributed by atoms with Crippen LogP contribution in [-0.4, -0.2) is 35.0 Å². The molecule has 0 radical (unpaired) electrons. The Morgan fingerprint density at radius 2 is 1.85 bits per heavy atom. The fourth-order valence-corrected chi connectivity index (χ4v) is 3.09. The molecule has 1 aromatic heterocycles. The summed E-state index contributed by atoms with van der Waals surface area (Å²) in [5, 5.41) is 11.9. The number of amides is 1. The van der Waals surface area contributed by atoms with E-state index in [1.165, 1.54) is 19.3 Å². The molecule has 2 aliphatic heterocycles. The summed E-state index contributed by atoms with van der Waals surface area (Å²) < 4.78 is 0. The molecule has 134 valence electrons. The molecule has 8 heteroatoms. The number of hydrogen-bond donors (Lipinski definition) is 3. The first kappa shape index (κ1) is 16.3. The van der Waals surface area contributed by atoms with Gasteiger partial charge in [-0.3, -0.25) is 15.6 Å². The second kappa shape index (κ2) is 7.38. The summed E-state index contributed by atoms with van der Waals surface area (Å²) >= 11 is 0. The second-order valence-electron chi connectivity index (χ2n) is 6.38. The first-order valence-electron chi connectivity index (χ1n) is 8.85. The molecule has 0 aliphatic carbocycles. The number of benzene rings is 1. The highest BCUT2D eigenvalue weighted by atomic mass is 16.2. The number of rotatable bonds is 4. The average Bonchev–Trinajstić information content (AvgIpc) is 3.09. The van der Waals surface area contributed by atoms with E-state index >= 15 is 0 Å². The summed E-state index contributed by atoms with van der Waals surface area (Å²) in [6.45, 7) is 2.09. The Labute approximate surface area is 151 Å². The second-order valence-corrected chi connectivity index (χ2v) is 6.38. The van der Waals surface area contributed by atoms with E-state index < -0.39 is 0 Å². The number of amidine groups is 1. The molecule has 4 rings (SSSR count). The summed E-state index contributed by atoms with van der Waals surface area (Å²) in [5.41, 5.74) is 6.84. The number of nitrogens with zero attached hydrogens (tertiary/aromatic N) is 4. The van der Waals surface area contributed by atoms with Crippen LogP contribution in [0.15, 0.2) is 41.4 Å². The average molecular weight is 351 g/mol. The standard InChI is InChI=1S/C18H21N7O/c26-18-12-16(22-24-18)20-14-7-3-2-6-13(14)19-15-8-9-17(23-21-15)25-10-4-1-5-11-25/h2-3,6-9H,1,4-5,10-12H2,(H,19,21)(H,20,22)(H,24,26). The Hall–Kier alpha value is -3.16. The fourth-order valence-electron chi connectivity index (χ4n) is 3.09. The molecule has 0 bridgehead atoms. The lowest BCUT2D eigenvalue weighted by Gasteiger charge is -2.27. The molecule has 3 heterocycles. The Balaban J connectivity index is 1.49. The normalized spacial score (nSPS) is 18.5. The maximum Gasteiger partial charge on any atom is 0.245 e. The van der Waals surface area contributed by atoms with Crippen LogP contribution in [0.4, 0.5) is 23.0 Å².